The average Bonchev–Trinajstić information content (AvgIpc) is 2.08. The molecule has 0 amide bonds. The summed E-state index contributed by atoms with van der Waals surface area (Å²) in [7, 11) is 0. The highest BCUT2D eigenvalue weighted by molar-refractivity contribution is 5.57. The highest BCUT2D eigenvalue weighted by Gasteiger charge is 2.42. The molecule has 0 saturated carbocycles. The quantitative estimate of drug-likeness (QED) is 0.318. The van der Waals surface area contributed by atoms with Crippen LogP contribution in [0.15, 0.2) is 0 Å². The molecular weight excluding hydrogens is 168 g/mol. The van der Waals surface area contributed by atoms with Crippen LogP contribution in [-0.4, -0.2) is 57.4 Å². The fourth-order valence-electron chi connectivity index (χ4n) is 1.000. The first-order chi connectivity index (χ1) is 5.57. The second-order valence-corrected chi connectivity index (χ2v) is 2.60. The van der Waals surface area contributed by atoms with Gasteiger partial charge in [0.25, 0.3) is 0 Å². The minimum Gasteiger partial charge on any atom is -0.387 e. The molecule has 4 N–H and O–H groups in total. The maximum atomic E-state index is 10.2. The summed E-state index contributed by atoms with van der Waals surface area (Å²) in [5.74, 6) is 0. The maximum Gasteiger partial charge on any atom is 0.184 e. The van der Waals surface area contributed by atoms with Gasteiger partial charge in [-0.25, -0.2) is 0 Å². The number of aliphatic hydroxyl groups is 4. The molecule has 1 rings (SSSR count). The first-order valence-electron chi connectivity index (χ1n) is 3.41. The zero-order valence-corrected chi connectivity index (χ0v) is 6.07. The van der Waals surface area contributed by atoms with Crippen LogP contribution in [0.5, 0.6) is 0 Å². The summed E-state index contributed by atoms with van der Waals surface area (Å²) in [5.41, 5.74) is 0. The molecule has 6 heteroatoms. The second-order valence-electron chi connectivity index (χ2n) is 2.60. The van der Waals surface area contributed by atoms with Gasteiger partial charge in [0.05, 0.1) is 0 Å². The molecular formula is C6H10O6. The van der Waals surface area contributed by atoms with E-state index in [0.717, 1.165) is 0 Å². The number of ether oxygens (including phenoxy) is 1. The Bertz CT molecular complexity index is 171. The smallest absolute Gasteiger partial charge is 0.184 e. The first-order valence-corrected chi connectivity index (χ1v) is 3.41. The zero-order chi connectivity index (χ0) is 9.30. The van der Waals surface area contributed by atoms with Crippen LogP contribution < -0.4 is 0 Å². The summed E-state index contributed by atoms with van der Waals surface area (Å²) >= 11 is 0. The lowest BCUT2D eigenvalue weighted by Crippen LogP contribution is -2.57. The summed E-state index contributed by atoms with van der Waals surface area (Å²) in [5, 5.41) is 35.9. The SMILES string of the molecule is O=CC1O[C@@H](O)C(O)[C@H](O)[C@H]1O. The predicted molar refractivity (Wildman–Crippen MR) is 35.0 cm³/mol. The third kappa shape index (κ3) is 1.47. The first kappa shape index (κ1) is 9.56. The third-order valence-corrected chi connectivity index (χ3v) is 1.76. The molecule has 0 aliphatic carbocycles. The molecule has 1 aliphatic heterocycles. The summed E-state index contributed by atoms with van der Waals surface area (Å²) in [6.07, 6.45) is -7.33. The van der Waals surface area contributed by atoms with Gasteiger partial charge in [0, 0.05) is 0 Å². The van der Waals surface area contributed by atoms with Crippen molar-refractivity contribution in [2.24, 2.45) is 0 Å². The van der Waals surface area contributed by atoms with Gasteiger partial charge in [-0.1, -0.05) is 0 Å². The van der Waals surface area contributed by atoms with Gasteiger partial charge < -0.3 is 30.0 Å². The third-order valence-electron chi connectivity index (χ3n) is 1.76. The van der Waals surface area contributed by atoms with Gasteiger partial charge >= 0.3 is 0 Å². The van der Waals surface area contributed by atoms with E-state index < -0.39 is 30.7 Å². The van der Waals surface area contributed by atoms with E-state index in [1.807, 2.05) is 0 Å². The number of rotatable bonds is 1. The Labute approximate surface area is 68.0 Å². The lowest BCUT2D eigenvalue weighted by Gasteiger charge is -2.35. The second kappa shape index (κ2) is 3.46. The summed E-state index contributed by atoms with van der Waals surface area (Å²) < 4.78 is 4.46. The van der Waals surface area contributed by atoms with Crippen molar-refractivity contribution in [1.82, 2.24) is 0 Å². The van der Waals surface area contributed by atoms with Crippen LogP contribution in [-0.2, 0) is 9.53 Å². The van der Waals surface area contributed by atoms with Crippen molar-refractivity contribution in [2.45, 2.75) is 30.7 Å². The van der Waals surface area contributed by atoms with Crippen LogP contribution in [0.2, 0.25) is 0 Å². The average molecular weight is 178 g/mol. The van der Waals surface area contributed by atoms with Crippen LogP contribution in [0.3, 0.4) is 0 Å². The van der Waals surface area contributed by atoms with Crippen molar-refractivity contribution in [2.75, 3.05) is 0 Å². The van der Waals surface area contributed by atoms with E-state index >= 15 is 0 Å². The summed E-state index contributed by atoms with van der Waals surface area (Å²) in [4.78, 5) is 10.2. The normalized spacial score (nSPS) is 48.8. The van der Waals surface area contributed by atoms with Gasteiger partial charge in [-0.3, -0.25) is 0 Å². The fraction of sp³-hybridized carbons (Fsp3) is 0.833. The minimum absolute atomic E-state index is 0.253. The summed E-state index contributed by atoms with van der Waals surface area (Å²) in [6, 6.07) is 0. The van der Waals surface area contributed by atoms with E-state index in [-0.39, 0.29) is 6.29 Å². The van der Waals surface area contributed by atoms with Crippen LogP contribution >= 0.6 is 0 Å². The molecule has 1 aliphatic rings. The van der Waals surface area contributed by atoms with E-state index in [0.29, 0.717) is 0 Å². The Balaban J connectivity index is 2.70. The Morgan fingerprint density at radius 3 is 2.08 bits per heavy atom. The molecule has 0 bridgehead atoms. The van der Waals surface area contributed by atoms with Crippen molar-refractivity contribution in [1.29, 1.82) is 0 Å². The Morgan fingerprint density at radius 1 is 1.00 bits per heavy atom. The van der Waals surface area contributed by atoms with Gasteiger partial charge in [-0.05, 0) is 0 Å². The molecule has 1 heterocycles. The molecule has 0 radical (unpaired) electrons. The van der Waals surface area contributed by atoms with Crippen LogP contribution in [0.1, 0.15) is 0 Å². The topological polar surface area (TPSA) is 107 Å². The van der Waals surface area contributed by atoms with Gasteiger partial charge in [-0.2, -0.15) is 0 Å². The van der Waals surface area contributed by atoms with Crippen LogP contribution in [0.4, 0.5) is 0 Å². The lowest BCUT2D eigenvalue weighted by molar-refractivity contribution is -0.272. The standard InChI is InChI=1S/C6H10O6/c7-1-2-3(8)4(9)5(10)6(11)12-2/h1-6,8-11H/t2?,3-,4+,5?,6+/m0/s1. The molecule has 0 spiro atoms. The zero-order valence-electron chi connectivity index (χ0n) is 6.07. The number of aldehydes is 1. The molecule has 1 fully saturated rings. The molecule has 0 aromatic rings. The van der Waals surface area contributed by atoms with Crippen molar-refractivity contribution >= 4 is 6.29 Å². The van der Waals surface area contributed by atoms with Crippen LogP contribution in [0, 0.1) is 0 Å². The van der Waals surface area contributed by atoms with Crippen molar-refractivity contribution in [3.05, 3.63) is 0 Å². The molecule has 0 aromatic heterocycles. The lowest BCUT2D eigenvalue weighted by atomic mass is 10.00. The molecule has 12 heavy (non-hydrogen) atoms. The van der Waals surface area contributed by atoms with Crippen molar-refractivity contribution in [3.8, 4) is 0 Å². The predicted octanol–water partition coefficient (Wildman–Crippen LogP) is -3.01. The number of carbonyl (C=O) groups is 1. The largest absolute Gasteiger partial charge is 0.387 e. The van der Waals surface area contributed by atoms with Crippen LogP contribution in [0.25, 0.3) is 0 Å². The molecule has 5 atom stereocenters. The molecule has 70 valence electrons. The highest BCUT2D eigenvalue weighted by Crippen LogP contribution is 2.18. The van der Waals surface area contributed by atoms with E-state index in [2.05, 4.69) is 4.74 Å². The summed E-state index contributed by atoms with van der Waals surface area (Å²) in [6.45, 7) is 0. The van der Waals surface area contributed by atoms with E-state index in [1.165, 1.54) is 0 Å². The maximum absolute atomic E-state index is 10.2. The Kier molecular flexibility index (Phi) is 2.76. The molecule has 0 aromatic carbocycles. The van der Waals surface area contributed by atoms with E-state index in [9.17, 15) is 4.79 Å². The van der Waals surface area contributed by atoms with Gasteiger partial charge in [0.15, 0.2) is 12.6 Å². The van der Waals surface area contributed by atoms with Gasteiger partial charge in [-0.15, -0.1) is 0 Å². The Morgan fingerprint density at radius 2 is 1.58 bits per heavy atom. The van der Waals surface area contributed by atoms with Gasteiger partial charge in [0.2, 0.25) is 0 Å². The van der Waals surface area contributed by atoms with Gasteiger partial charge in [0.1, 0.15) is 24.4 Å². The molecule has 6 nitrogen and oxygen atoms in total. The molecule has 1 saturated heterocycles. The number of aliphatic hydroxyl groups excluding tert-OH is 4. The number of carbonyl (C=O) groups excluding carboxylic acids is 1. The fourth-order valence-corrected chi connectivity index (χ4v) is 1.000. The highest BCUT2D eigenvalue weighted by atomic mass is 16.6. The monoisotopic (exact) mass is 178 g/mol. The van der Waals surface area contributed by atoms with Crippen molar-refractivity contribution < 1.29 is 30.0 Å². The minimum atomic E-state index is -1.64. The number of hydrogen-bond acceptors (Lipinski definition) is 6. The van der Waals surface area contributed by atoms with E-state index in [4.69, 9.17) is 20.4 Å². The van der Waals surface area contributed by atoms with Crippen molar-refractivity contribution in [3.63, 3.8) is 0 Å². The Hall–Kier alpha value is -0.530. The number of hydrogen-bond donors (Lipinski definition) is 4. The molecule has 2 unspecified atom stereocenters. The van der Waals surface area contributed by atoms with E-state index in [1.54, 1.807) is 0 Å².